The van der Waals surface area contributed by atoms with E-state index in [2.05, 4.69) is 150 Å². The molecule has 276 valence electrons. The molecule has 0 atom stereocenters. The summed E-state index contributed by atoms with van der Waals surface area (Å²) in [7, 11) is 0. The molecule has 0 aliphatic rings. The molecule has 0 radical (unpaired) electrons. The molecule has 7 aromatic heterocycles. The van der Waals surface area contributed by atoms with E-state index in [4.69, 9.17) is 0 Å². The number of nitrogens with zero attached hydrogens (tertiary/aromatic N) is 9. The molecule has 2 N–H and O–H groups in total. The van der Waals surface area contributed by atoms with Crippen LogP contribution in [0.4, 0.5) is 0 Å². The molecule has 0 bridgehead atoms. The third kappa shape index (κ3) is 9.42. The number of rotatable bonds is 0. The van der Waals surface area contributed by atoms with Crippen LogP contribution >= 0.6 is 11.3 Å². The van der Waals surface area contributed by atoms with E-state index < -0.39 is 0 Å². The molecule has 8 aromatic rings. The molecule has 0 fully saturated rings. The highest BCUT2D eigenvalue weighted by Gasteiger charge is 2.21. The van der Waals surface area contributed by atoms with Gasteiger partial charge in [-0.15, -0.1) is 11.3 Å². The molecule has 1 aromatic carbocycles. The molecular formula is C41H51N11S. The van der Waals surface area contributed by atoms with Crippen molar-refractivity contribution in [1.29, 1.82) is 0 Å². The quantitative estimate of drug-likeness (QED) is 0.156. The summed E-state index contributed by atoms with van der Waals surface area (Å²) in [5.74, 6) is 0. The van der Waals surface area contributed by atoms with Crippen molar-refractivity contribution in [2.45, 2.75) is 105 Å². The Morgan fingerprint density at radius 3 is 1.60 bits per heavy atom. The Morgan fingerprint density at radius 2 is 0.981 bits per heavy atom. The van der Waals surface area contributed by atoms with Gasteiger partial charge in [0.05, 0.1) is 50.1 Å². The highest BCUT2D eigenvalue weighted by molar-refractivity contribution is 7.17. The second-order valence-corrected chi connectivity index (χ2v) is 17.8. The first-order valence-electron chi connectivity index (χ1n) is 17.7. The van der Waals surface area contributed by atoms with Gasteiger partial charge in [0.25, 0.3) is 0 Å². The minimum Gasteiger partial charge on any atom is -0.346 e. The average Bonchev–Trinajstić information content (AvgIpc) is 3.88. The maximum Gasteiger partial charge on any atom is 0.158 e. The number of nitrogens with one attached hydrogen (secondary N) is 2. The van der Waals surface area contributed by atoms with Crippen LogP contribution in [0.3, 0.4) is 0 Å². The molecule has 0 aliphatic carbocycles. The molecule has 53 heavy (non-hydrogen) atoms. The standard InChI is InChI=1S/C12H14N2.C10H13N3.C10H12N2S.C9H12N4/c1-12(2,3)11-9-6-4-5-7-10(9)13-8-14-11;1-10(2,3)8-7-4-5-11-9(7)13-6-12-8;1-10(2,3)9-8-7(4-5-13-8)11-6-12-9;1-9(2,3)7-6-4-12-13-8(6)11-5-10-7/h4-8H,1-3H3;4-6H,1-3H3,(H,11,12,13);4-6H,1-3H3;4-5H,1-3H3,(H,10,11,12,13). The van der Waals surface area contributed by atoms with Crippen molar-refractivity contribution in [3.05, 3.63) is 102 Å². The fraction of sp³-hybridized carbons (Fsp3) is 0.390. The van der Waals surface area contributed by atoms with Gasteiger partial charge < -0.3 is 4.98 Å². The summed E-state index contributed by atoms with van der Waals surface area (Å²) < 4.78 is 1.22. The third-order valence-electron chi connectivity index (χ3n) is 8.23. The van der Waals surface area contributed by atoms with Crippen LogP contribution in [0.1, 0.15) is 106 Å². The molecule has 0 saturated carbocycles. The van der Waals surface area contributed by atoms with Crippen molar-refractivity contribution >= 4 is 54.5 Å². The van der Waals surface area contributed by atoms with Gasteiger partial charge in [-0.3, -0.25) is 5.10 Å². The lowest BCUT2D eigenvalue weighted by atomic mass is 9.89. The second-order valence-electron chi connectivity index (χ2n) is 16.9. The predicted octanol–water partition coefficient (Wildman–Crippen LogP) is 9.82. The van der Waals surface area contributed by atoms with Crippen molar-refractivity contribution < 1.29 is 0 Å². The van der Waals surface area contributed by atoms with Gasteiger partial charge >= 0.3 is 0 Å². The zero-order valence-electron chi connectivity index (χ0n) is 32.9. The third-order valence-corrected chi connectivity index (χ3v) is 9.14. The van der Waals surface area contributed by atoms with Crippen molar-refractivity contribution in [2.24, 2.45) is 0 Å². The smallest absolute Gasteiger partial charge is 0.158 e. The molecule has 0 saturated heterocycles. The number of H-pyrrole nitrogens is 2. The van der Waals surface area contributed by atoms with Crippen LogP contribution in [0.25, 0.3) is 43.2 Å². The Hall–Kier alpha value is -5.23. The monoisotopic (exact) mass is 729 g/mol. The lowest BCUT2D eigenvalue weighted by Gasteiger charge is -2.18. The van der Waals surface area contributed by atoms with Gasteiger partial charge in [-0.05, 0) is 23.6 Å². The Morgan fingerprint density at radius 1 is 0.472 bits per heavy atom. The highest BCUT2D eigenvalue weighted by atomic mass is 32.1. The summed E-state index contributed by atoms with van der Waals surface area (Å²) in [5.41, 5.74) is 8.47. The Bertz CT molecular complexity index is 2210. The zero-order chi connectivity index (χ0) is 38.6. The van der Waals surface area contributed by atoms with Crippen LogP contribution in [0.5, 0.6) is 0 Å². The van der Waals surface area contributed by atoms with Gasteiger partial charge in [0, 0.05) is 38.6 Å². The van der Waals surface area contributed by atoms with Crippen molar-refractivity contribution in [1.82, 2.24) is 55.1 Å². The molecule has 8 rings (SSSR count). The van der Waals surface area contributed by atoms with E-state index in [0.717, 1.165) is 61.3 Å². The largest absolute Gasteiger partial charge is 0.346 e. The normalized spacial score (nSPS) is 12.2. The maximum atomic E-state index is 4.37. The number of aromatic nitrogens is 11. The van der Waals surface area contributed by atoms with Crippen LogP contribution in [0.15, 0.2) is 79.5 Å². The van der Waals surface area contributed by atoms with E-state index in [0.29, 0.717) is 0 Å². The summed E-state index contributed by atoms with van der Waals surface area (Å²) in [5, 5.41) is 12.1. The summed E-state index contributed by atoms with van der Waals surface area (Å²) in [6.07, 6.45) is 10.1. The summed E-state index contributed by atoms with van der Waals surface area (Å²) >= 11 is 1.72. The van der Waals surface area contributed by atoms with Crippen LogP contribution in [-0.2, 0) is 21.7 Å². The second kappa shape index (κ2) is 15.4. The molecular weight excluding hydrogens is 679 g/mol. The van der Waals surface area contributed by atoms with E-state index in [1.807, 2.05) is 36.5 Å². The Labute approximate surface area is 315 Å². The van der Waals surface area contributed by atoms with E-state index >= 15 is 0 Å². The molecule has 0 amide bonds. The maximum absolute atomic E-state index is 4.37. The number of hydrogen-bond acceptors (Lipinski definition) is 10. The predicted molar refractivity (Wildman–Crippen MR) is 217 cm³/mol. The van der Waals surface area contributed by atoms with Gasteiger partial charge in [-0.2, -0.15) is 5.10 Å². The fourth-order valence-electron chi connectivity index (χ4n) is 5.76. The summed E-state index contributed by atoms with van der Waals surface area (Å²) in [6.45, 7) is 25.9. The van der Waals surface area contributed by atoms with Gasteiger partial charge in [-0.1, -0.05) is 101 Å². The molecule has 11 nitrogen and oxygen atoms in total. The summed E-state index contributed by atoms with van der Waals surface area (Å²) in [6, 6.07) is 12.2. The molecule has 0 unspecified atom stereocenters. The van der Waals surface area contributed by atoms with Crippen molar-refractivity contribution in [3.63, 3.8) is 0 Å². The minimum atomic E-state index is 0.0328. The van der Waals surface area contributed by atoms with Crippen LogP contribution in [-0.4, -0.2) is 55.1 Å². The van der Waals surface area contributed by atoms with E-state index in [1.165, 1.54) is 4.70 Å². The van der Waals surface area contributed by atoms with E-state index in [9.17, 15) is 0 Å². The van der Waals surface area contributed by atoms with E-state index in [-0.39, 0.29) is 21.7 Å². The number of fused-ring (bicyclic) bond motifs is 4. The fourth-order valence-corrected chi connectivity index (χ4v) is 6.80. The van der Waals surface area contributed by atoms with Crippen LogP contribution < -0.4 is 0 Å². The van der Waals surface area contributed by atoms with Gasteiger partial charge in [0.1, 0.15) is 31.0 Å². The van der Waals surface area contributed by atoms with Gasteiger partial charge in [0.15, 0.2) is 5.65 Å². The number of hydrogen-bond donors (Lipinski definition) is 2. The first-order valence-corrected chi connectivity index (χ1v) is 18.6. The van der Waals surface area contributed by atoms with Crippen LogP contribution in [0.2, 0.25) is 0 Å². The van der Waals surface area contributed by atoms with Gasteiger partial charge in [0.2, 0.25) is 0 Å². The Balaban J connectivity index is 0.000000136. The molecule has 0 spiro atoms. The first kappa shape index (κ1) is 39.0. The lowest BCUT2D eigenvalue weighted by Crippen LogP contribution is -2.14. The Kier molecular flexibility index (Phi) is 11.3. The SMILES string of the molecule is CC(C)(C)c1ncnc2[nH]ccc12.CC(C)(C)c1ncnc2[nH]ncc12.CC(C)(C)c1ncnc2ccccc12.CC(C)(C)c1ncnc2ccsc12. The number of thiophene rings is 1. The van der Waals surface area contributed by atoms with E-state index in [1.54, 1.807) is 42.8 Å². The average molecular weight is 730 g/mol. The molecule has 0 aliphatic heterocycles. The number of para-hydroxylation sites is 1. The summed E-state index contributed by atoms with van der Waals surface area (Å²) in [4.78, 5) is 37.1. The molecule has 7 heterocycles. The van der Waals surface area contributed by atoms with Crippen LogP contribution in [0, 0.1) is 0 Å². The van der Waals surface area contributed by atoms with Crippen molar-refractivity contribution in [3.8, 4) is 0 Å². The lowest BCUT2D eigenvalue weighted by molar-refractivity contribution is 0.574. The zero-order valence-corrected chi connectivity index (χ0v) is 33.8. The first-order chi connectivity index (χ1) is 24.9. The van der Waals surface area contributed by atoms with Crippen molar-refractivity contribution in [2.75, 3.05) is 0 Å². The molecule has 12 heteroatoms. The topological polar surface area (TPSA) is 148 Å². The number of benzene rings is 1. The highest BCUT2D eigenvalue weighted by Crippen LogP contribution is 2.31. The van der Waals surface area contributed by atoms with Gasteiger partial charge in [-0.25, -0.2) is 39.9 Å². The number of aromatic amines is 2. The minimum absolute atomic E-state index is 0.0328.